The van der Waals surface area contributed by atoms with Gasteiger partial charge in [-0.25, -0.2) is 0 Å². The Kier molecular flexibility index (Phi) is 2.30. The molecule has 0 atom stereocenters. The fourth-order valence-electron chi connectivity index (χ4n) is 2.21. The van der Waals surface area contributed by atoms with E-state index in [4.69, 9.17) is 5.73 Å². The summed E-state index contributed by atoms with van der Waals surface area (Å²) in [5.74, 6) is 2.78. The molecule has 0 saturated heterocycles. The van der Waals surface area contributed by atoms with E-state index in [0.717, 1.165) is 36.4 Å². The van der Waals surface area contributed by atoms with Gasteiger partial charge in [0, 0.05) is 26.3 Å². The van der Waals surface area contributed by atoms with Gasteiger partial charge in [0.25, 0.3) is 0 Å². The van der Waals surface area contributed by atoms with Crippen LogP contribution in [0.3, 0.4) is 0 Å². The molecule has 0 unspecified atom stereocenters. The SMILES string of the molecule is Cn1cc(N)c(N(CC2CC2)CC2CC2)n1. The van der Waals surface area contributed by atoms with Crippen LogP contribution in [0.2, 0.25) is 0 Å². The predicted octanol–water partition coefficient (Wildman–Crippen LogP) is 1.63. The van der Waals surface area contributed by atoms with Gasteiger partial charge in [0.2, 0.25) is 0 Å². The van der Waals surface area contributed by atoms with Crippen LogP contribution in [-0.2, 0) is 7.05 Å². The summed E-state index contributed by atoms with van der Waals surface area (Å²) in [4.78, 5) is 2.41. The lowest BCUT2D eigenvalue weighted by molar-refractivity contribution is 0.659. The van der Waals surface area contributed by atoms with Crippen molar-refractivity contribution in [3.05, 3.63) is 6.20 Å². The topological polar surface area (TPSA) is 47.1 Å². The number of nitrogens with zero attached hydrogens (tertiary/aromatic N) is 3. The second-order valence-corrected chi connectivity index (χ2v) is 5.37. The van der Waals surface area contributed by atoms with Gasteiger partial charge in [-0.05, 0) is 37.5 Å². The van der Waals surface area contributed by atoms with Crippen LogP contribution in [0.25, 0.3) is 0 Å². The average molecular weight is 220 g/mol. The summed E-state index contributed by atoms with van der Waals surface area (Å²) in [5, 5.41) is 4.49. The molecule has 0 aromatic carbocycles. The molecule has 0 aliphatic heterocycles. The summed E-state index contributed by atoms with van der Waals surface area (Å²) < 4.78 is 1.82. The normalized spacial score (nSPS) is 20.1. The van der Waals surface area contributed by atoms with Gasteiger partial charge in [-0.15, -0.1) is 0 Å². The molecule has 0 radical (unpaired) electrons. The van der Waals surface area contributed by atoms with Crippen molar-refractivity contribution in [2.75, 3.05) is 23.7 Å². The first-order chi connectivity index (χ1) is 7.72. The molecule has 4 nitrogen and oxygen atoms in total. The van der Waals surface area contributed by atoms with Gasteiger partial charge >= 0.3 is 0 Å². The molecular weight excluding hydrogens is 200 g/mol. The van der Waals surface area contributed by atoms with Crippen LogP contribution in [0.1, 0.15) is 25.7 Å². The molecule has 4 heteroatoms. The monoisotopic (exact) mass is 220 g/mol. The number of hydrogen-bond acceptors (Lipinski definition) is 3. The third-order valence-corrected chi connectivity index (χ3v) is 3.49. The Hall–Kier alpha value is -1.19. The molecule has 0 spiro atoms. The summed E-state index contributed by atoms with van der Waals surface area (Å²) >= 11 is 0. The molecule has 2 fully saturated rings. The number of rotatable bonds is 5. The molecule has 2 N–H and O–H groups in total. The Morgan fingerprint density at radius 1 is 1.31 bits per heavy atom. The molecular formula is C12H20N4. The fraction of sp³-hybridized carbons (Fsp3) is 0.750. The van der Waals surface area contributed by atoms with Gasteiger partial charge in [-0.2, -0.15) is 5.10 Å². The fourth-order valence-corrected chi connectivity index (χ4v) is 2.21. The predicted molar refractivity (Wildman–Crippen MR) is 65.3 cm³/mol. The van der Waals surface area contributed by atoms with Crippen LogP contribution < -0.4 is 10.6 Å². The van der Waals surface area contributed by atoms with Crippen molar-refractivity contribution in [2.24, 2.45) is 18.9 Å². The zero-order valence-corrected chi connectivity index (χ0v) is 9.89. The van der Waals surface area contributed by atoms with E-state index in [0.29, 0.717) is 0 Å². The summed E-state index contributed by atoms with van der Waals surface area (Å²) in [5.41, 5.74) is 6.83. The number of nitrogens with two attached hydrogens (primary N) is 1. The van der Waals surface area contributed by atoms with Crippen molar-refractivity contribution in [1.82, 2.24) is 9.78 Å². The van der Waals surface area contributed by atoms with E-state index in [1.54, 1.807) is 0 Å². The average Bonchev–Trinajstić information content (AvgIpc) is 3.10. The highest BCUT2D eigenvalue weighted by Crippen LogP contribution is 2.36. The minimum Gasteiger partial charge on any atom is -0.394 e. The lowest BCUT2D eigenvalue weighted by Gasteiger charge is -2.22. The highest BCUT2D eigenvalue weighted by Gasteiger charge is 2.30. The zero-order valence-electron chi connectivity index (χ0n) is 9.89. The van der Waals surface area contributed by atoms with Crippen LogP contribution in [-0.4, -0.2) is 22.9 Å². The van der Waals surface area contributed by atoms with Crippen molar-refractivity contribution < 1.29 is 0 Å². The van der Waals surface area contributed by atoms with Gasteiger partial charge in [0.1, 0.15) is 0 Å². The lowest BCUT2D eigenvalue weighted by Crippen LogP contribution is -2.29. The molecule has 16 heavy (non-hydrogen) atoms. The number of aryl methyl sites for hydroxylation is 1. The van der Waals surface area contributed by atoms with E-state index in [1.807, 2.05) is 17.9 Å². The van der Waals surface area contributed by atoms with E-state index in [9.17, 15) is 0 Å². The number of nitrogen functional groups attached to an aromatic ring is 1. The Bertz CT molecular complexity index is 362. The highest BCUT2D eigenvalue weighted by atomic mass is 15.3. The van der Waals surface area contributed by atoms with Gasteiger partial charge in [-0.1, -0.05) is 0 Å². The molecule has 88 valence electrons. The molecule has 2 aliphatic carbocycles. The molecule has 2 aliphatic rings. The van der Waals surface area contributed by atoms with Crippen molar-refractivity contribution >= 4 is 11.5 Å². The van der Waals surface area contributed by atoms with Crippen LogP contribution in [0, 0.1) is 11.8 Å². The molecule has 1 heterocycles. The van der Waals surface area contributed by atoms with Crippen LogP contribution >= 0.6 is 0 Å². The molecule has 1 aromatic rings. The Morgan fingerprint density at radius 3 is 2.25 bits per heavy atom. The third kappa shape index (κ3) is 2.15. The van der Waals surface area contributed by atoms with Crippen molar-refractivity contribution in [1.29, 1.82) is 0 Å². The van der Waals surface area contributed by atoms with E-state index in [2.05, 4.69) is 10.00 Å². The Morgan fingerprint density at radius 2 is 1.88 bits per heavy atom. The largest absolute Gasteiger partial charge is 0.394 e. The maximum absolute atomic E-state index is 6.01. The van der Waals surface area contributed by atoms with Gasteiger partial charge < -0.3 is 10.6 Å². The standard InChI is InChI=1S/C12H20N4/c1-15-8-11(13)12(14-15)16(6-9-2-3-9)7-10-4-5-10/h8-10H,2-7,13H2,1H3. The summed E-state index contributed by atoms with van der Waals surface area (Å²) in [7, 11) is 1.94. The smallest absolute Gasteiger partial charge is 0.173 e. The number of hydrogen-bond donors (Lipinski definition) is 1. The van der Waals surface area contributed by atoms with Crippen molar-refractivity contribution in [2.45, 2.75) is 25.7 Å². The Balaban J connectivity index is 1.75. The zero-order chi connectivity index (χ0) is 11.1. The van der Waals surface area contributed by atoms with E-state index < -0.39 is 0 Å². The lowest BCUT2D eigenvalue weighted by atomic mass is 10.3. The first kappa shape index (κ1) is 10.00. The quantitative estimate of drug-likeness (QED) is 0.820. The third-order valence-electron chi connectivity index (χ3n) is 3.49. The van der Waals surface area contributed by atoms with E-state index >= 15 is 0 Å². The number of aromatic nitrogens is 2. The summed E-state index contributed by atoms with van der Waals surface area (Å²) in [6.07, 6.45) is 7.44. The summed E-state index contributed by atoms with van der Waals surface area (Å²) in [6, 6.07) is 0. The maximum Gasteiger partial charge on any atom is 0.173 e. The van der Waals surface area contributed by atoms with E-state index in [1.165, 1.54) is 25.7 Å². The second kappa shape index (κ2) is 3.68. The molecule has 3 rings (SSSR count). The maximum atomic E-state index is 6.01. The minimum absolute atomic E-state index is 0.823. The molecule has 0 amide bonds. The molecule has 2 saturated carbocycles. The van der Waals surface area contributed by atoms with Crippen LogP contribution in [0.15, 0.2) is 6.20 Å². The molecule has 0 bridgehead atoms. The van der Waals surface area contributed by atoms with E-state index in [-0.39, 0.29) is 0 Å². The Labute approximate surface area is 96.4 Å². The summed E-state index contributed by atoms with van der Waals surface area (Å²) in [6.45, 7) is 2.30. The minimum atomic E-state index is 0.823. The van der Waals surface area contributed by atoms with Crippen LogP contribution in [0.5, 0.6) is 0 Å². The van der Waals surface area contributed by atoms with Crippen molar-refractivity contribution in [3.8, 4) is 0 Å². The first-order valence-electron chi connectivity index (χ1n) is 6.26. The van der Waals surface area contributed by atoms with Gasteiger partial charge in [0.05, 0.1) is 5.69 Å². The molecule has 1 aromatic heterocycles. The van der Waals surface area contributed by atoms with Gasteiger partial charge in [-0.3, -0.25) is 4.68 Å². The second-order valence-electron chi connectivity index (χ2n) is 5.37. The number of anilines is 2. The first-order valence-corrected chi connectivity index (χ1v) is 6.26. The highest BCUT2D eigenvalue weighted by molar-refractivity contribution is 5.61. The van der Waals surface area contributed by atoms with Crippen molar-refractivity contribution in [3.63, 3.8) is 0 Å². The van der Waals surface area contributed by atoms with Crippen LogP contribution in [0.4, 0.5) is 11.5 Å². The van der Waals surface area contributed by atoms with Gasteiger partial charge in [0.15, 0.2) is 5.82 Å².